The molecule has 3 amide bonds. The Kier molecular flexibility index (Phi) is 4.47. The van der Waals surface area contributed by atoms with Crippen molar-refractivity contribution in [1.82, 2.24) is 4.90 Å². The molecule has 1 saturated heterocycles. The number of hydrogen-bond acceptors (Lipinski definition) is 4. The smallest absolute Gasteiger partial charge is 0.319 e. The largest absolute Gasteiger partial charge is 0.331 e. The van der Waals surface area contributed by atoms with Crippen molar-refractivity contribution in [3.63, 3.8) is 0 Å². The molecule has 128 valence electrons. The third kappa shape index (κ3) is 3.35. The van der Waals surface area contributed by atoms with Crippen LogP contribution in [0.2, 0.25) is 0 Å². The number of amides is 3. The highest BCUT2D eigenvalue weighted by molar-refractivity contribution is 6.16. The maximum atomic E-state index is 12.8. The second-order valence-electron chi connectivity index (χ2n) is 5.89. The summed E-state index contributed by atoms with van der Waals surface area (Å²) >= 11 is 0. The van der Waals surface area contributed by atoms with Crippen molar-refractivity contribution < 1.29 is 14.5 Å². The zero-order valence-electron chi connectivity index (χ0n) is 13.7. The molecule has 2 aromatic rings. The fourth-order valence-corrected chi connectivity index (χ4v) is 2.83. The fourth-order valence-electron chi connectivity index (χ4n) is 2.83. The van der Waals surface area contributed by atoms with E-state index in [2.05, 4.69) is 0 Å². The Morgan fingerprint density at radius 3 is 2.40 bits per heavy atom. The number of anilines is 1. The summed E-state index contributed by atoms with van der Waals surface area (Å²) in [5.74, 6) is -0.223. The fraction of sp³-hybridized carbons (Fsp3) is 0.222. The van der Waals surface area contributed by atoms with Crippen molar-refractivity contribution in [2.45, 2.75) is 19.9 Å². The highest BCUT2D eigenvalue weighted by atomic mass is 16.6. The molecule has 1 heterocycles. The third-order valence-corrected chi connectivity index (χ3v) is 4.18. The number of benzene rings is 2. The van der Waals surface area contributed by atoms with Crippen LogP contribution in [0.5, 0.6) is 0 Å². The highest BCUT2D eigenvalue weighted by Crippen LogP contribution is 2.25. The minimum atomic E-state index is -0.464. The zero-order chi connectivity index (χ0) is 18.0. The molecule has 7 nitrogen and oxygen atoms in total. The van der Waals surface area contributed by atoms with Gasteiger partial charge in [-0.05, 0) is 24.1 Å². The Balaban J connectivity index is 1.81. The first kappa shape index (κ1) is 16.6. The summed E-state index contributed by atoms with van der Waals surface area (Å²) in [6.45, 7) is 2.48. The first-order valence-corrected chi connectivity index (χ1v) is 7.88. The van der Waals surface area contributed by atoms with Crippen molar-refractivity contribution >= 4 is 23.3 Å². The minimum absolute atomic E-state index is 0.00503. The van der Waals surface area contributed by atoms with Crippen molar-refractivity contribution in [2.75, 3.05) is 11.4 Å². The van der Waals surface area contributed by atoms with Crippen molar-refractivity contribution in [1.29, 1.82) is 0 Å². The SMILES string of the molecule is Cc1ccccc1N1C(=O)CCN(Cc2ccc([N+](=O)[O-])cc2)C1=O. The molecular formula is C18H17N3O4. The van der Waals surface area contributed by atoms with Gasteiger partial charge in [-0.25, -0.2) is 9.69 Å². The quantitative estimate of drug-likeness (QED) is 0.632. The maximum absolute atomic E-state index is 12.8. The third-order valence-electron chi connectivity index (χ3n) is 4.18. The molecule has 0 atom stereocenters. The molecule has 0 aromatic heterocycles. The predicted octanol–water partition coefficient (Wildman–Crippen LogP) is 3.26. The maximum Gasteiger partial charge on any atom is 0.331 e. The number of urea groups is 1. The van der Waals surface area contributed by atoms with Crippen molar-refractivity contribution in [3.05, 3.63) is 69.8 Å². The van der Waals surface area contributed by atoms with E-state index in [4.69, 9.17) is 0 Å². The van der Waals surface area contributed by atoms with Gasteiger partial charge in [0.2, 0.25) is 5.91 Å². The van der Waals surface area contributed by atoms with Gasteiger partial charge in [-0.3, -0.25) is 14.9 Å². The van der Waals surface area contributed by atoms with Crippen molar-refractivity contribution in [2.24, 2.45) is 0 Å². The molecule has 2 aromatic carbocycles. The van der Waals surface area contributed by atoms with Crippen LogP contribution < -0.4 is 4.90 Å². The normalized spacial score (nSPS) is 14.8. The topological polar surface area (TPSA) is 83.8 Å². The van der Waals surface area contributed by atoms with Gasteiger partial charge in [0.15, 0.2) is 0 Å². The molecule has 0 spiro atoms. The zero-order valence-corrected chi connectivity index (χ0v) is 13.7. The van der Waals surface area contributed by atoms with Crippen LogP contribution in [0.3, 0.4) is 0 Å². The summed E-state index contributed by atoms with van der Waals surface area (Å²) in [5.41, 5.74) is 2.22. The Bertz CT molecular complexity index is 832. The lowest BCUT2D eigenvalue weighted by atomic mass is 10.1. The monoisotopic (exact) mass is 339 g/mol. The number of hydrogen-bond donors (Lipinski definition) is 0. The highest BCUT2D eigenvalue weighted by Gasteiger charge is 2.33. The van der Waals surface area contributed by atoms with E-state index in [1.807, 2.05) is 19.1 Å². The van der Waals surface area contributed by atoms with Crippen LogP contribution in [0.1, 0.15) is 17.5 Å². The summed E-state index contributed by atoms with van der Waals surface area (Å²) in [4.78, 5) is 38.1. The number of nitro groups is 1. The van der Waals surface area contributed by atoms with E-state index in [9.17, 15) is 19.7 Å². The van der Waals surface area contributed by atoms with Gasteiger partial charge in [-0.15, -0.1) is 0 Å². The number of para-hydroxylation sites is 1. The summed E-state index contributed by atoms with van der Waals surface area (Å²) in [7, 11) is 0. The molecule has 0 N–H and O–H groups in total. The van der Waals surface area contributed by atoms with E-state index in [1.165, 1.54) is 17.0 Å². The molecule has 0 aliphatic carbocycles. The second-order valence-corrected chi connectivity index (χ2v) is 5.89. The van der Waals surface area contributed by atoms with Gasteiger partial charge in [0.05, 0.1) is 10.6 Å². The van der Waals surface area contributed by atoms with E-state index in [1.54, 1.807) is 29.2 Å². The predicted molar refractivity (Wildman–Crippen MR) is 92.2 cm³/mol. The number of aryl methyl sites for hydroxylation is 1. The van der Waals surface area contributed by atoms with Crippen LogP contribution in [0, 0.1) is 17.0 Å². The number of nitrogens with zero attached hydrogens (tertiary/aromatic N) is 3. The van der Waals surface area contributed by atoms with E-state index < -0.39 is 4.92 Å². The van der Waals surface area contributed by atoms with Gasteiger partial charge in [0.25, 0.3) is 5.69 Å². The van der Waals surface area contributed by atoms with E-state index >= 15 is 0 Å². The van der Waals surface area contributed by atoms with Gasteiger partial charge in [-0.2, -0.15) is 0 Å². The van der Waals surface area contributed by atoms with E-state index in [0.29, 0.717) is 18.8 Å². The lowest BCUT2D eigenvalue weighted by molar-refractivity contribution is -0.384. The number of nitro benzene ring substituents is 1. The molecule has 0 bridgehead atoms. The van der Waals surface area contributed by atoms with Gasteiger partial charge in [0.1, 0.15) is 0 Å². The lowest BCUT2D eigenvalue weighted by Gasteiger charge is -2.34. The van der Waals surface area contributed by atoms with E-state index in [-0.39, 0.29) is 24.0 Å². The second kappa shape index (κ2) is 6.72. The Morgan fingerprint density at radius 1 is 1.08 bits per heavy atom. The number of rotatable bonds is 4. The Hall–Kier alpha value is -3.22. The summed E-state index contributed by atoms with van der Waals surface area (Å²) < 4.78 is 0. The molecule has 0 saturated carbocycles. The number of imide groups is 1. The summed E-state index contributed by atoms with van der Waals surface area (Å²) in [5, 5.41) is 10.7. The molecule has 7 heteroatoms. The van der Waals surface area contributed by atoms with Gasteiger partial charge < -0.3 is 4.90 Å². The van der Waals surface area contributed by atoms with Gasteiger partial charge in [-0.1, -0.05) is 30.3 Å². The van der Waals surface area contributed by atoms with Crippen LogP contribution in [0.15, 0.2) is 48.5 Å². The number of non-ortho nitro benzene ring substituents is 1. The molecule has 0 radical (unpaired) electrons. The first-order valence-electron chi connectivity index (χ1n) is 7.88. The average Bonchev–Trinajstić information content (AvgIpc) is 2.59. The van der Waals surface area contributed by atoms with Crippen LogP contribution in [0.4, 0.5) is 16.2 Å². The van der Waals surface area contributed by atoms with Crippen LogP contribution in [0.25, 0.3) is 0 Å². The summed E-state index contributed by atoms with van der Waals surface area (Å²) in [6.07, 6.45) is 0.243. The molecule has 3 rings (SSSR count). The Morgan fingerprint density at radius 2 is 1.76 bits per heavy atom. The minimum Gasteiger partial charge on any atom is -0.319 e. The molecule has 1 fully saturated rings. The number of carbonyl (C=O) groups excluding carboxylic acids is 2. The van der Waals surface area contributed by atoms with Crippen LogP contribution in [-0.4, -0.2) is 28.3 Å². The number of carbonyl (C=O) groups is 2. The first-order chi connectivity index (χ1) is 12.0. The van der Waals surface area contributed by atoms with Gasteiger partial charge in [0, 0.05) is 31.6 Å². The molecule has 25 heavy (non-hydrogen) atoms. The van der Waals surface area contributed by atoms with Crippen LogP contribution in [-0.2, 0) is 11.3 Å². The molecule has 1 aliphatic rings. The summed E-state index contributed by atoms with van der Waals surface area (Å²) in [6, 6.07) is 12.9. The average molecular weight is 339 g/mol. The molecule has 1 aliphatic heterocycles. The molecule has 0 unspecified atom stereocenters. The Labute approximate surface area is 144 Å². The lowest BCUT2D eigenvalue weighted by Crippen LogP contribution is -2.52. The van der Waals surface area contributed by atoms with Crippen LogP contribution >= 0.6 is 0 Å². The van der Waals surface area contributed by atoms with Gasteiger partial charge >= 0.3 is 6.03 Å². The molecular weight excluding hydrogens is 322 g/mol. The standard InChI is InChI=1S/C18H17N3O4/c1-13-4-2-3-5-16(13)20-17(22)10-11-19(18(20)23)12-14-6-8-15(9-7-14)21(24)25/h2-9H,10-12H2,1H3. The van der Waals surface area contributed by atoms with Crippen molar-refractivity contribution in [3.8, 4) is 0 Å². The van der Waals surface area contributed by atoms with E-state index in [0.717, 1.165) is 11.1 Å².